The second-order valence-electron chi connectivity index (χ2n) is 5.52. The maximum absolute atomic E-state index is 12.0. The van der Waals surface area contributed by atoms with E-state index in [4.69, 9.17) is 0 Å². The Bertz CT molecular complexity index is 428. The van der Waals surface area contributed by atoms with Gasteiger partial charge in [0.2, 0.25) is 5.91 Å². The normalized spacial score (nSPS) is 22.0. The van der Waals surface area contributed by atoms with Crippen molar-refractivity contribution in [2.24, 2.45) is 5.92 Å². The lowest BCUT2D eigenvalue weighted by atomic mass is 9.85. The van der Waals surface area contributed by atoms with Crippen LogP contribution >= 0.6 is 11.8 Å². The first-order chi connectivity index (χ1) is 10.3. The van der Waals surface area contributed by atoms with E-state index < -0.39 is 0 Å². The third-order valence-electron chi connectivity index (χ3n) is 3.94. The SMILES string of the molecule is O=C(CCSCc1ccccn1)NC1CCCCC1CO. The topological polar surface area (TPSA) is 62.2 Å². The molecule has 5 heteroatoms. The Morgan fingerprint density at radius 3 is 3.00 bits per heavy atom. The molecule has 0 saturated heterocycles. The average molecular weight is 308 g/mol. The van der Waals surface area contributed by atoms with Crippen molar-refractivity contribution in [1.29, 1.82) is 0 Å². The molecule has 0 radical (unpaired) electrons. The van der Waals surface area contributed by atoms with Crippen molar-refractivity contribution in [2.75, 3.05) is 12.4 Å². The fraction of sp³-hybridized carbons (Fsp3) is 0.625. The maximum atomic E-state index is 12.0. The summed E-state index contributed by atoms with van der Waals surface area (Å²) in [4.78, 5) is 16.2. The molecular weight excluding hydrogens is 284 g/mol. The van der Waals surface area contributed by atoms with Gasteiger partial charge in [-0.25, -0.2) is 0 Å². The van der Waals surface area contributed by atoms with E-state index in [0.717, 1.165) is 42.9 Å². The number of hydrogen-bond acceptors (Lipinski definition) is 4. The van der Waals surface area contributed by atoms with Gasteiger partial charge in [-0.2, -0.15) is 11.8 Å². The number of nitrogens with one attached hydrogen (secondary N) is 1. The minimum absolute atomic E-state index is 0.105. The predicted molar refractivity (Wildman–Crippen MR) is 86.0 cm³/mol. The van der Waals surface area contributed by atoms with Gasteiger partial charge in [-0.1, -0.05) is 18.9 Å². The van der Waals surface area contributed by atoms with E-state index in [1.807, 2.05) is 18.2 Å². The molecule has 2 rings (SSSR count). The van der Waals surface area contributed by atoms with Crippen molar-refractivity contribution < 1.29 is 9.90 Å². The fourth-order valence-corrected chi connectivity index (χ4v) is 3.57. The molecule has 2 atom stereocenters. The van der Waals surface area contributed by atoms with Gasteiger partial charge in [0.05, 0.1) is 5.69 Å². The Morgan fingerprint density at radius 2 is 2.24 bits per heavy atom. The molecule has 0 bridgehead atoms. The van der Waals surface area contributed by atoms with Gasteiger partial charge in [0.1, 0.15) is 0 Å². The second kappa shape index (κ2) is 9.05. The number of hydrogen-bond donors (Lipinski definition) is 2. The van der Waals surface area contributed by atoms with Crippen LogP contribution in [0.4, 0.5) is 0 Å². The van der Waals surface area contributed by atoms with Gasteiger partial charge in [-0.05, 0) is 25.0 Å². The zero-order chi connectivity index (χ0) is 14.9. The largest absolute Gasteiger partial charge is 0.396 e. The Morgan fingerprint density at radius 1 is 1.38 bits per heavy atom. The van der Waals surface area contributed by atoms with E-state index in [1.165, 1.54) is 0 Å². The van der Waals surface area contributed by atoms with Crippen molar-refractivity contribution in [1.82, 2.24) is 10.3 Å². The van der Waals surface area contributed by atoms with Crippen LogP contribution in [0.1, 0.15) is 37.8 Å². The van der Waals surface area contributed by atoms with Crippen molar-refractivity contribution in [2.45, 2.75) is 43.9 Å². The molecule has 1 aliphatic rings. The highest BCUT2D eigenvalue weighted by molar-refractivity contribution is 7.98. The number of pyridine rings is 1. The summed E-state index contributed by atoms with van der Waals surface area (Å²) < 4.78 is 0. The van der Waals surface area contributed by atoms with Gasteiger partial charge in [0.25, 0.3) is 0 Å². The number of thioether (sulfide) groups is 1. The molecule has 0 aliphatic heterocycles. The lowest BCUT2D eigenvalue weighted by Gasteiger charge is -2.30. The number of carbonyl (C=O) groups is 1. The van der Waals surface area contributed by atoms with Crippen molar-refractivity contribution in [3.63, 3.8) is 0 Å². The van der Waals surface area contributed by atoms with Crippen LogP contribution in [-0.2, 0) is 10.5 Å². The van der Waals surface area contributed by atoms with Crippen LogP contribution in [0.5, 0.6) is 0 Å². The highest BCUT2D eigenvalue weighted by Gasteiger charge is 2.25. The Kier molecular flexibility index (Phi) is 7.03. The third-order valence-corrected chi connectivity index (χ3v) is 4.93. The van der Waals surface area contributed by atoms with Crippen molar-refractivity contribution in [3.05, 3.63) is 30.1 Å². The summed E-state index contributed by atoms with van der Waals surface area (Å²) in [6.45, 7) is 0.180. The first-order valence-corrected chi connectivity index (χ1v) is 8.83. The molecular formula is C16H24N2O2S. The number of nitrogens with zero attached hydrogens (tertiary/aromatic N) is 1. The van der Waals surface area contributed by atoms with Crippen LogP contribution in [0.15, 0.2) is 24.4 Å². The summed E-state index contributed by atoms with van der Waals surface area (Å²) in [5.41, 5.74) is 1.05. The predicted octanol–water partition coefficient (Wildman–Crippen LogP) is 2.37. The highest BCUT2D eigenvalue weighted by Crippen LogP contribution is 2.24. The standard InChI is InChI=1S/C16H24N2O2S/c19-11-13-5-1-2-7-15(13)18-16(20)8-10-21-12-14-6-3-4-9-17-14/h3-4,6,9,13,15,19H,1-2,5,7-8,10-12H2,(H,18,20). The van der Waals surface area contributed by atoms with E-state index in [0.29, 0.717) is 6.42 Å². The smallest absolute Gasteiger partial charge is 0.221 e. The molecule has 4 nitrogen and oxygen atoms in total. The first kappa shape index (κ1) is 16.3. The molecule has 1 aromatic heterocycles. The van der Waals surface area contributed by atoms with Gasteiger partial charge in [-0.15, -0.1) is 0 Å². The van der Waals surface area contributed by atoms with Crippen LogP contribution in [-0.4, -0.2) is 34.4 Å². The quantitative estimate of drug-likeness (QED) is 0.759. The number of carbonyl (C=O) groups excluding carboxylic acids is 1. The number of amides is 1. The molecule has 1 heterocycles. The van der Waals surface area contributed by atoms with Gasteiger partial charge >= 0.3 is 0 Å². The average Bonchev–Trinajstić information content (AvgIpc) is 2.53. The number of aliphatic hydroxyl groups is 1. The van der Waals surface area contributed by atoms with Crippen LogP contribution in [0, 0.1) is 5.92 Å². The minimum atomic E-state index is 0.105. The Labute approximate surface area is 130 Å². The molecule has 0 spiro atoms. The molecule has 1 saturated carbocycles. The van der Waals surface area contributed by atoms with E-state index >= 15 is 0 Å². The molecule has 21 heavy (non-hydrogen) atoms. The van der Waals surface area contributed by atoms with Gasteiger partial charge in [0.15, 0.2) is 0 Å². The summed E-state index contributed by atoms with van der Waals surface area (Å²) in [7, 11) is 0. The van der Waals surface area contributed by atoms with Crippen molar-refractivity contribution in [3.8, 4) is 0 Å². The van der Waals surface area contributed by atoms with E-state index in [1.54, 1.807) is 18.0 Å². The molecule has 2 unspecified atom stereocenters. The lowest BCUT2D eigenvalue weighted by molar-refractivity contribution is -0.122. The summed E-state index contributed by atoms with van der Waals surface area (Å²) in [5.74, 6) is 1.99. The summed E-state index contributed by atoms with van der Waals surface area (Å²) in [6, 6.07) is 6.05. The maximum Gasteiger partial charge on any atom is 0.221 e. The molecule has 1 fully saturated rings. The van der Waals surface area contributed by atoms with E-state index in [9.17, 15) is 9.90 Å². The van der Waals surface area contributed by atoms with E-state index in [-0.39, 0.29) is 24.5 Å². The monoisotopic (exact) mass is 308 g/mol. The van der Waals surface area contributed by atoms with Gasteiger partial charge in [-0.3, -0.25) is 9.78 Å². The number of aromatic nitrogens is 1. The first-order valence-electron chi connectivity index (χ1n) is 7.67. The van der Waals surface area contributed by atoms with Crippen molar-refractivity contribution >= 4 is 17.7 Å². The summed E-state index contributed by atoms with van der Waals surface area (Å²) in [6.07, 6.45) is 6.66. The molecule has 2 N–H and O–H groups in total. The number of rotatable bonds is 7. The van der Waals surface area contributed by atoms with Gasteiger partial charge in [0, 0.05) is 42.7 Å². The molecule has 1 aliphatic carbocycles. The second-order valence-corrected chi connectivity index (χ2v) is 6.63. The van der Waals surface area contributed by atoms with E-state index in [2.05, 4.69) is 10.3 Å². The zero-order valence-electron chi connectivity index (χ0n) is 12.3. The molecule has 0 aromatic carbocycles. The van der Waals surface area contributed by atoms with Gasteiger partial charge < -0.3 is 10.4 Å². The molecule has 1 aromatic rings. The van der Waals surface area contributed by atoms with Crippen LogP contribution < -0.4 is 5.32 Å². The molecule has 116 valence electrons. The summed E-state index contributed by atoms with van der Waals surface area (Å²) >= 11 is 1.73. The lowest BCUT2D eigenvalue weighted by Crippen LogP contribution is -2.43. The summed E-state index contributed by atoms with van der Waals surface area (Å²) in [5, 5.41) is 12.4. The number of aliphatic hydroxyl groups excluding tert-OH is 1. The Balaban J connectivity index is 1.63. The minimum Gasteiger partial charge on any atom is -0.396 e. The Hall–Kier alpha value is -1.07. The van der Waals surface area contributed by atoms with Crippen LogP contribution in [0.25, 0.3) is 0 Å². The highest BCUT2D eigenvalue weighted by atomic mass is 32.2. The molecule has 1 amide bonds. The zero-order valence-corrected chi connectivity index (χ0v) is 13.1. The van der Waals surface area contributed by atoms with Crippen LogP contribution in [0.2, 0.25) is 0 Å². The fourth-order valence-electron chi connectivity index (χ4n) is 2.72. The third kappa shape index (κ3) is 5.67. The van der Waals surface area contributed by atoms with Crippen LogP contribution in [0.3, 0.4) is 0 Å².